The van der Waals surface area contributed by atoms with Crippen LogP contribution in [-0.2, 0) is 9.05 Å². The van der Waals surface area contributed by atoms with Gasteiger partial charge in [-0.05, 0) is 46.3 Å². The zero-order valence-electron chi connectivity index (χ0n) is 16.7. The Morgan fingerprint density at radius 3 is 2.81 bits per heavy atom. The molecule has 0 aromatic carbocycles. The van der Waals surface area contributed by atoms with E-state index in [9.17, 15) is 0 Å². The van der Waals surface area contributed by atoms with Crippen molar-refractivity contribution in [2.75, 3.05) is 24.6 Å². The molecule has 0 aliphatic carbocycles. The first-order valence-electron chi connectivity index (χ1n) is 9.41. The molecule has 0 saturated carbocycles. The largest absolute Gasteiger partial charge is 0.354 e. The lowest BCUT2D eigenvalue weighted by atomic mass is 10.3. The first-order chi connectivity index (χ1) is 13.0. The SMILES string of the molecule is C=Cc1nccc(N2CCC(OP(OCCC#N)N(C(C)C)C(C)C)C2)n1. The summed E-state index contributed by atoms with van der Waals surface area (Å²) < 4.78 is 14.7. The van der Waals surface area contributed by atoms with E-state index < -0.39 is 8.53 Å². The maximum atomic E-state index is 8.82. The van der Waals surface area contributed by atoms with Crippen LogP contribution in [0.2, 0.25) is 0 Å². The molecule has 7 nitrogen and oxygen atoms in total. The lowest BCUT2D eigenvalue weighted by Crippen LogP contribution is -2.35. The zero-order valence-corrected chi connectivity index (χ0v) is 17.6. The average molecular weight is 391 g/mol. The van der Waals surface area contributed by atoms with Gasteiger partial charge in [-0.25, -0.2) is 14.6 Å². The van der Waals surface area contributed by atoms with Gasteiger partial charge in [0.2, 0.25) is 0 Å². The van der Waals surface area contributed by atoms with Crippen molar-refractivity contribution in [3.63, 3.8) is 0 Å². The Hall–Kier alpha value is -1.58. The summed E-state index contributed by atoms with van der Waals surface area (Å²) in [6.07, 6.45) is 4.76. The minimum absolute atomic E-state index is 0.0698. The van der Waals surface area contributed by atoms with Crippen LogP contribution in [0.5, 0.6) is 0 Å². The highest BCUT2D eigenvalue weighted by molar-refractivity contribution is 7.44. The third kappa shape index (κ3) is 6.22. The molecule has 2 atom stereocenters. The van der Waals surface area contributed by atoms with Crippen molar-refractivity contribution < 1.29 is 9.05 Å². The van der Waals surface area contributed by atoms with Crippen LogP contribution in [0.4, 0.5) is 5.82 Å². The van der Waals surface area contributed by atoms with E-state index >= 15 is 0 Å². The van der Waals surface area contributed by atoms with E-state index in [1.807, 2.05) is 6.07 Å². The summed E-state index contributed by atoms with van der Waals surface area (Å²) in [5, 5.41) is 8.82. The highest BCUT2D eigenvalue weighted by atomic mass is 31.2. The van der Waals surface area contributed by atoms with Gasteiger partial charge >= 0.3 is 0 Å². The number of nitrogens with zero attached hydrogens (tertiary/aromatic N) is 5. The molecule has 2 heterocycles. The van der Waals surface area contributed by atoms with Gasteiger partial charge in [0.1, 0.15) is 5.82 Å². The molecular weight excluding hydrogens is 361 g/mol. The summed E-state index contributed by atoms with van der Waals surface area (Å²) in [6, 6.07) is 4.64. The van der Waals surface area contributed by atoms with E-state index in [2.05, 4.69) is 59.9 Å². The number of rotatable bonds is 10. The highest BCUT2D eigenvalue weighted by Crippen LogP contribution is 2.48. The number of anilines is 1. The van der Waals surface area contributed by atoms with E-state index in [4.69, 9.17) is 14.3 Å². The lowest BCUT2D eigenvalue weighted by Gasteiger charge is -2.36. The summed E-state index contributed by atoms with van der Waals surface area (Å²) in [7, 11) is -1.22. The maximum Gasteiger partial charge on any atom is 0.259 e. The second-order valence-electron chi connectivity index (χ2n) is 6.99. The summed E-state index contributed by atoms with van der Waals surface area (Å²) in [4.78, 5) is 10.9. The Kier molecular flexibility index (Phi) is 8.59. The molecular formula is C19H30N5O2P. The standard InChI is InChI=1S/C19H30N5O2P/c1-6-18-21-11-8-19(22-18)23-12-9-17(14-23)26-27(25-13-7-10-20)24(15(2)3)16(4)5/h6,8,11,15-17H,1,7,9,12-14H2,2-5H3. The molecule has 1 aliphatic heterocycles. The molecule has 1 aromatic rings. The molecule has 1 aliphatic rings. The Labute approximate surface area is 164 Å². The van der Waals surface area contributed by atoms with Crippen LogP contribution in [0.3, 0.4) is 0 Å². The molecule has 27 heavy (non-hydrogen) atoms. The van der Waals surface area contributed by atoms with Crippen LogP contribution in [0.25, 0.3) is 6.08 Å². The fourth-order valence-electron chi connectivity index (χ4n) is 3.08. The molecule has 0 N–H and O–H groups in total. The quantitative estimate of drug-likeness (QED) is 0.441. The number of nitriles is 1. The van der Waals surface area contributed by atoms with E-state index in [0.717, 1.165) is 25.3 Å². The van der Waals surface area contributed by atoms with Crippen molar-refractivity contribution >= 4 is 20.4 Å². The second-order valence-corrected chi connectivity index (χ2v) is 8.39. The van der Waals surface area contributed by atoms with Crippen molar-refractivity contribution in [1.29, 1.82) is 5.26 Å². The molecule has 1 fully saturated rings. The second kappa shape index (κ2) is 10.7. The highest BCUT2D eigenvalue weighted by Gasteiger charge is 2.33. The molecule has 0 spiro atoms. The number of aromatic nitrogens is 2. The normalized spacial score (nSPS) is 18.3. The van der Waals surface area contributed by atoms with Crippen LogP contribution < -0.4 is 4.90 Å². The van der Waals surface area contributed by atoms with Crippen LogP contribution >= 0.6 is 8.53 Å². The fraction of sp³-hybridized carbons (Fsp3) is 0.632. The summed E-state index contributed by atoms with van der Waals surface area (Å²) in [6.45, 7) is 14.3. The predicted molar refractivity (Wildman–Crippen MR) is 109 cm³/mol. The zero-order chi connectivity index (χ0) is 19.8. The molecule has 1 saturated heterocycles. The molecule has 148 valence electrons. The summed E-state index contributed by atoms with van der Waals surface area (Å²) in [5.74, 6) is 1.52. The maximum absolute atomic E-state index is 8.82. The van der Waals surface area contributed by atoms with Gasteiger partial charge in [0.15, 0.2) is 5.82 Å². The van der Waals surface area contributed by atoms with Gasteiger partial charge in [-0.15, -0.1) is 0 Å². The lowest BCUT2D eigenvalue weighted by molar-refractivity contribution is 0.142. The van der Waals surface area contributed by atoms with Crippen LogP contribution in [-0.4, -0.2) is 52.5 Å². The van der Waals surface area contributed by atoms with Crippen molar-refractivity contribution in [1.82, 2.24) is 14.6 Å². The predicted octanol–water partition coefficient (Wildman–Crippen LogP) is 3.99. The summed E-state index contributed by atoms with van der Waals surface area (Å²) in [5.41, 5.74) is 0. The van der Waals surface area contributed by atoms with Crippen LogP contribution in [0.1, 0.15) is 46.4 Å². The van der Waals surface area contributed by atoms with Gasteiger partial charge in [-0.1, -0.05) is 6.58 Å². The molecule has 0 radical (unpaired) electrons. The van der Waals surface area contributed by atoms with Gasteiger partial charge in [-0.2, -0.15) is 5.26 Å². The smallest absolute Gasteiger partial charge is 0.259 e. The molecule has 2 rings (SSSR count). The molecule has 2 unspecified atom stereocenters. The van der Waals surface area contributed by atoms with Gasteiger partial charge in [0.05, 0.1) is 25.2 Å². The fourth-order valence-corrected chi connectivity index (χ4v) is 4.81. The van der Waals surface area contributed by atoms with Gasteiger partial charge < -0.3 is 13.9 Å². The molecule has 0 bridgehead atoms. The van der Waals surface area contributed by atoms with Crippen molar-refractivity contribution in [2.24, 2.45) is 0 Å². The Bertz CT molecular complexity index is 641. The van der Waals surface area contributed by atoms with E-state index in [1.54, 1.807) is 12.3 Å². The Morgan fingerprint density at radius 1 is 1.44 bits per heavy atom. The Morgan fingerprint density at radius 2 is 2.19 bits per heavy atom. The average Bonchev–Trinajstić information content (AvgIpc) is 3.10. The van der Waals surface area contributed by atoms with Gasteiger partial charge in [0.25, 0.3) is 8.53 Å². The van der Waals surface area contributed by atoms with Crippen molar-refractivity contribution in [2.45, 2.75) is 58.7 Å². The third-order valence-corrected chi connectivity index (χ3v) is 6.40. The number of hydrogen-bond donors (Lipinski definition) is 0. The molecule has 1 aromatic heterocycles. The van der Waals surface area contributed by atoms with E-state index in [1.165, 1.54) is 0 Å². The molecule has 8 heteroatoms. The third-order valence-electron chi connectivity index (χ3n) is 4.21. The number of hydrogen-bond acceptors (Lipinski definition) is 7. The van der Waals surface area contributed by atoms with Crippen LogP contribution in [0.15, 0.2) is 18.8 Å². The minimum Gasteiger partial charge on any atom is -0.354 e. The Balaban J connectivity index is 2.04. The molecule has 0 amide bonds. The van der Waals surface area contributed by atoms with Crippen molar-refractivity contribution in [3.8, 4) is 6.07 Å². The topological polar surface area (TPSA) is 74.5 Å². The monoisotopic (exact) mass is 391 g/mol. The van der Waals surface area contributed by atoms with Crippen molar-refractivity contribution in [3.05, 3.63) is 24.7 Å². The minimum atomic E-state index is -1.22. The van der Waals surface area contributed by atoms with E-state index in [0.29, 0.717) is 30.9 Å². The first-order valence-corrected chi connectivity index (χ1v) is 10.5. The first kappa shape index (κ1) is 21.7. The van der Waals surface area contributed by atoms with Gasteiger partial charge in [0, 0.05) is 31.4 Å². The van der Waals surface area contributed by atoms with E-state index in [-0.39, 0.29) is 6.10 Å². The summed E-state index contributed by atoms with van der Waals surface area (Å²) >= 11 is 0. The van der Waals surface area contributed by atoms with Crippen LogP contribution in [0, 0.1) is 11.3 Å². The van der Waals surface area contributed by atoms with Gasteiger partial charge in [-0.3, -0.25) is 0 Å².